The Morgan fingerprint density at radius 3 is 3.00 bits per heavy atom. The van der Waals surface area contributed by atoms with Gasteiger partial charge in [-0.2, -0.15) is 20.6 Å². The van der Waals surface area contributed by atoms with Gasteiger partial charge in [0, 0.05) is 31.2 Å². The lowest BCUT2D eigenvalue weighted by atomic mass is 10.2. The van der Waals surface area contributed by atoms with Gasteiger partial charge in [-0.05, 0) is 6.07 Å². The third-order valence-electron chi connectivity index (χ3n) is 4.60. The molecular formula is C17H13N9OS. The summed E-state index contributed by atoms with van der Waals surface area (Å²) in [6, 6.07) is 3.96. The molecule has 0 fully saturated rings. The van der Waals surface area contributed by atoms with E-state index in [9.17, 15) is 4.79 Å². The summed E-state index contributed by atoms with van der Waals surface area (Å²) in [7, 11) is 1.82. The average molecular weight is 391 g/mol. The van der Waals surface area contributed by atoms with Crippen molar-refractivity contribution >= 4 is 32.6 Å². The molecule has 10 nitrogen and oxygen atoms in total. The standard InChI is InChI=1S/C17H13N9OS/c1-25-14-11(15-16(25)22-13(28-15)4-10-2-3-19-23-10)7-21-26(17(14)27)8-12-9(5-18)6-20-24-12/h2-3,6-7H,4,8H2,1H3,(H,19,23)(H,20,24). The predicted octanol–water partition coefficient (Wildman–Crippen LogP) is 1.30. The van der Waals surface area contributed by atoms with E-state index in [0.717, 1.165) is 26.4 Å². The van der Waals surface area contributed by atoms with Crippen molar-refractivity contribution in [1.29, 1.82) is 5.26 Å². The maximum atomic E-state index is 13.0. The van der Waals surface area contributed by atoms with E-state index in [2.05, 4.69) is 30.5 Å². The van der Waals surface area contributed by atoms with Crippen LogP contribution in [0.15, 0.2) is 29.5 Å². The van der Waals surface area contributed by atoms with Gasteiger partial charge < -0.3 is 4.57 Å². The quantitative estimate of drug-likeness (QED) is 0.474. The number of thiazole rings is 1. The van der Waals surface area contributed by atoms with Crippen LogP contribution in [-0.4, -0.2) is 39.7 Å². The number of hydrogen-bond donors (Lipinski definition) is 2. The predicted molar refractivity (Wildman–Crippen MR) is 102 cm³/mol. The van der Waals surface area contributed by atoms with Crippen molar-refractivity contribution in [2.45, 2.75) is 13.0 Å². The Balaban J connectivity index is 1.60. The molecule has 0 atom stereocenters. The Morgan fingerprint density at radius 2 is 2.21 bits per heavy atom. The van der Waals surface area contributed by atoms with Gasteiger partial charge in [0.05, 0.1) is 28.7 Å². The van der Waals surface area contributed by atoms with Gasteiger partial charge in [0.2, 0.25) is 0 Å². The van der Waals surface area contributed by atoms with E-state index in [1.54, 1.807) is 17.0 Å². The van der Waals surface area contributed by atoms with Crippen molar-refractivity contribution in [3.05, 3.63) is 57.0 Å². The first-order valence-electron chi connectivity index (χ1n) is 8.41. The van der Waals surface area contributed by atoms with Crippen LogP contribution >= 0.6 is 11.3 Å². The van der Waals surface area contributed by atoms with Gasteiger partial charge in [-0.1, -0.05) is 0 Å². The lowest BCUT2D eigenvalue weighted by molar-refractivity contribution is 0.630. The fraction of sp³-hybridized carbons (Fsp3) is 0.176. The number of nitrogens with one attached hydrogen (secondary N) is 2. The molecule has 0 aliphatic heterocycles. The van der Waals surface area contributed by atoms with Gasteiger partial charge in [0.25, 0.3) is 5.56 Å². The number of aryl methyl sites for hydroxylation is 1. The average Bonchev–Trinajstić information content (AvgIpc) is 3.46. The van der Waals surface area contributed by atoms with E-state index in [0.29, 0.717) is 23.2 Å². The van der Waals surface area contributed by atoms with E-state index in [4.69, 9.17) is 5.26 Å². The van der Waals surface area contributed by atoms with Crippen LogP contribution in [0.3, 0.4) is 0 Å². The molecule has 11 heteroatoms. The number of rotatable bonds is 4. The molecule has 5 aromatic rings. The number of H-pyrrole nitrogens is 2. The minimum absolute atomic E-state index is 0.123. The van der Waals surface area contributed by atoms with Crippen molar-refractivity contribution in [1.82, 2.24) is 39.7 Å². The minimum Gasteiger partial charge on any atom is -0.323 e. The molecule has 2 N–H and O–H groups in total. The topological polar surface area (TPSA) is 134 Å². The molecule has 0 aliphatic rings. The van der Waals surface area contributed by atoms with Crippen LogP contribution < -0.4 is 5.56 Å². The zero-order valence-electron chi connectivity index (χ0n) is 14.7. The second-order valence-corrected chi connectivity index (χ2v) is 7.37. The number of hydrogen-bond acceptors (Lipinski definition) is 7. The molecule has 0 aliphatic carbocycles. The van der Waals surface area contributed by atoms with Gasteiger partial charge >= 0.3 is 0 Å². The number of fused-ring (bicyclic) bond motifs is 3. The molecule has 28 heavy (non-hydrogen) atoms. The molecule has 0 unspecified atom stereocenters. The van der Waals surface area contributed by atoms with Crippen LogP contribution in [0.1, 0.15) is 22.0 Å². The van der Waals surface area contributed by atoms with Crippen LogP contribution in [-0.2, 0) is 20.0 Å². The minimum atomic E-state index is -0.244. The Labute approximate surface area is 161 Å². The maximum absolute atomic E-state index is 13.0. The smallest absolute Gasteiger partial charge is 0.291 e. The van der Waals surface area contributed by atoms with E-state index in [-0.39, 0.29) is 12.1 Å². The largest absolute Gasteiger partial charge is 0.323 e. The molecule has 138 valence electrons. The molecule has 5 aromatic heterocycles. The Morgan fingerprint density at radius 1 is 1.32 bits per heavy atom. The summed E-state index contributed by atoms with van der Waals surface area (Å²) in [5.41, 5.74) is 2.82. The van der Waals surface area contributed by atoms with E-state index < -0.39 is 0 Å². The van der Waals surface area contributed by atoms with Crippen LogP contribution in [0, 0.1) is 11.3 Å². The molecule has 0 saturated carbocycles. The van der Waals surface area contributed by atoms with Crippen LogP contribution in [0.25, 0.3) is 21.3 Å². The fourth-order valence-electron chi connectivity index (χ4n) is 3.24. The first kappa shape index (κ1) is 16.4. The van der Waals surface area contributed by atoms with Crippen molar-refractivity contribution < 1.29 is 0 Å². The highest BCUT2D eigenvalue weighted by molar-refractivity contribution is 7.19. The molecule has 5 heterocycles. The number of nitrogens with zero attached hydrogens (tertiary/aromatic N) is 7. The summed E-state index contributed by atoms with van der Waals surface area (Å²) < 4.78 is 4.04. The number of aromatic amines is 2. The van der Waals surface area contributed by atoms with Crippen molar-refractivity contribution in [3.63, 3.8) is 0 Å². The van der Waals surface area contributed by atoms with Gasteiger partial charge in [0.1, 0.15) is 22.3 Å². The molecule has 0 bridgehead atoms. The second kappa shape index (κ2) is 6.14. The molecule has 0 aromatic carbocycles. The Kier molecular flexibility index (Phi) is 3.59. The first-order chi connectivity index (χ1) is 13.7. The van der Waals surface area contributed by atoms with Gasteiger partial charge in [-0.25, -0.2) is 9.67 Å². The second-order valence-electron chi connectivity index (χ2n) is 6.29. The maximum Gasteiger partial charge on any atom is 0.291 e. The summed E-state index contributed by atoms with van der Waals surface area (Å²) in [5, 5.41) is 28.7. The molecule has 0 saturated heterocycles. The fourth-order valence-corrected chi connectivity index (χ4v) is 4.36. The Hall–Kier alpha value is -3.78. The van der Waals surface area contributed by atoms with E-state index >= 15 is 0 Å². The third-order valence-corrected chi connectivity index (χ3v) is 5.68. The molecule has 5 rings (SSSR count). The van der Waals surface area contributed by atoms with Crippen molar-refractivity contribution in [3.8, 4) is 6.07 Å². The van der Waals surface area contributed by atoms with Gasteiger partial charge in [-0.15, -0.1) is 11.3 Å². The van der Waals surface area contributed by atoms with E-state index in [1.165, 1.54) is 22.2 Å². The number of aromatic nitrogens is 8. The van der Waals surface area contributed by atoms with Crippen LogP contribution in [0.5, 0.6) is 0 Å². The van der Waals surface area contributed by atoms with Gasteiger partial charge in [-0.3, -0.25) is 15.0 Å². The summed E-state index contributed by atoms with van der Waals surface area (Å²) >= 11 is 1.54. The normalized spacial score (nSPS) is 11.4. The van der Waals surface area contributed by atoms with E-state index in [1.807, 2.05) is 19.2 Å². The first-order valence-corrected chi connectivity index (χ1v) is 9.22. The SMILES string of the molecule is Cn1c2nc(Cc3cc[nH]n3)sc2c2cnn(Cc3n[nH]cc3C#N)c(=O)c21. The zero-order chi connectivity index (χ0) is 19.3. The highest BCUT2D eigenvalue weighted by atomic mass is 32.1. The summed E-state index contributed by atoms with van der Waals surface area (Å²) in [6.07, 6.45) is 5.59. The lowest BCUT2D eigenvalue weighted by Crippen LogP contribution is -2.25. The molecule has 0 spiro atoms. The highest BCUT2D eigenvalue weighted by Gasteiger charge is 2.19. The summed E-state index contributed by atoms with van der Waals surface area (Å²) in [5.74, 6) is 0. The van der Waals surface area contributed by atoms with Crippen molar-refractivity contribution in [2.24, 2.45) is 7.05 Å². The molecular weight excluding hydrogens is 378 g/mol. The molecule has 0 amide bonds. The summed E-state index contributed by atoms with van der Waals surface area (Å²) in [6.45, 7) is 0.123. The monoisotopic (exact) mass is 391 g/mol. The summed E-state index contributed by atoms with van der Waals surface area (Å²) in [4.78, 5) is 17.7. The van der Waals surface area contributed by atoms with Crippen LogP contribution in [0.4, 0.5) is 0 Å². The third kappa shape index (κ3) is 2.43. The zero-order valence-corrected chi connectivity index (χ0v) is 15.5. The van der Waals surface area contributed by atoms with Gasteiger partial charge in [0.15, 0.2) is 5.65 Å². The highest BCUT2D eigenvalue weighted by Crippen LogP contribution is 2.31. The lowest BCUT2D eigenvalue weighted by Gasteiger charge is -2.04. The Bertz CT molecular complexity index is 1410. The van der Waals surface area contributed by atoms with Crippen LogP contribution in [0.2, 0.25) is 0 Å². The van der Waals surface area contributed by atoms with Crippen molar-refractivity contribution in [2.75, 3.05) is 0 Å². The molecule has 0 radical (unpaired) electrons. The number of nitriles is 1.